The Morgan fingerprint density at radius 1 is 1.17 bits per heavy atom. The molecule has 0 spiro atoms. The van der Waals surface area contributed by atoms with Crippen LogP contribution in [0.1, 0.15) is 50.5 Å². The Bertz CT molecular complexity index is 721. The molecule has 4 rings (SSSR count). The van der Waals surface area contributed by atoms with Crippen molar-refractivity contribution >= 4 is 29.9 Å². The first-order valence-electron chi connectivity index (χ1n) is 10.8. The monoisotopic (exact) mass is 421 g/mol. The first-order chi connectivity index (χ1) is 13.7. The Morgan fingerprint density at radius 2 is 2.00 bits per heavy atom. The number of rotatable bonds is 5. The molecule has 2 N–H and O–H groups in total. The van der Waals surface area contributed by atoms with Gasteiger partial charge < -0.3 is 20.3 Å². The van der Waals surface area contributed by atoms with E-state index < -0.39 is 0 Å². The summed E-state index contributed by atoms with van der Waals surface area (Å²) in [7, 11) is 0. The van der Waals surface area contributed by atoms with Crippen molar-refractivity contribution in [3.63, 3.8) is 0 Å². The summed E-state index contributed by atoms with van der Waals surface area (Å²) in [4.78, 5) is 27.6. The third-order valence-corrected chi connectivity index (χ3v) is 6.31. The van der Waals surface area contributed by atoms with Crippen LogP contribution in [0.2, 0.25) is 0 Å². The van der Waals surface area contributed by atoms with Gasteiger partial charge in [0.2, 0.25) is 11.8 Å². The van der Waals surface area contributed by atoms with Crippen molar-refractivity contribution in [3.8, 4) is 5.75 Å². The molecule has 29 heavy (non-hydrogen) atoms. The molecule has 2 saturated heterocycles. The minimum absolute atomic E-state index is 0. The number of carbonyl (C=O) groups is 2. The molecular weight excluding hydrogens is 390 g/mol. The maximum atomic E-state index is 12.9. The van der Waals surface area contributed by atoms with Crippen molar-refractivity contribution in [2.75, 3.05) is 31.6 Å². The number of carbonyl (C=O) groups excluding carboxylic acids is 2. The zero-order valence-electron chi connectivity index (χ0n) is 17.0. The lowest BCUT2D eigenvalue weighted by atomic mass is 9.92. The largest absolute Gasteiger partial charge is 0.493 e. The lowest BCUT2D eigenvalue weighted by molar-refractivity contribution is -0.140. The molecule has 0 saturated carbocycles. The van der Waals surface area contributed by atoms with Crippen LogP contribution >= 0.6 is 12.4 Å². The van der Waals surface area contributed by atoms with E-state index in [-0.39, 0.29) is 30.3 Å². The maximum absolute atomic E-state index is 12.9. The topological polar surface area (TPSA) is 70.7 Å². The Morgan fingerprint density at radius 3 is 2.83 bits per heavy atom. The van der Waals surface area contributed by atoms with Crippen molar-refractivity contribution in [2.24, 2.45) is 5.92 Å². The molecule has 6 nitrogen and oxygen atoms in total. The molecule has 0 radical (unpaired) electrons. The highest BCUT2D eigenvalue weighted by atomic mass is 35.5. The Balaban J connectivity index is 0.00000240. The predicted octanol–water partition coefficient (Wildman–Crippen LogP) is 3.14. The standard InChI is InChI=1S/C22H31N3O3.ClH/c26-21(7-4-16-8-11-23-12-9-16)25-13-2-1-3-19(25)22(27)24-18-5-6-20-17(15-18)10-14-28-20;/h5-6,15-16,19,23H,1-4,7-14H2,(H,24,27);1H. The van der Waals surface area contributed by atoms with E-state index in [2.05, 4.69) is 10.6 Å². The molecule has 1 unspecified atom stereocenters. The van der Waals surface area contributed by atoms with Crippen LogP contribution in [0.4, 0.5) is 5.69 Å². The van der Waals surface area contributed by atoms with Crippen molar-refractivity contribution in [1.29, 1.82) is 0 Å². The smallest absolute Gasteiger partial charge is 0.247 e. The fourth-order valence-electron chi connectivity index (χ4n) is 4.63. The van der Waals surface area contributed by atoms with Crippen LogP contribution in [0.3, 0.4) is 0 Å². The summed E-state index contributed by atoms with van der Waals surface area (Å²) >= 11 is 0. The molecule has 3 heterocycles. The molecule has 3 aliphatic heterocycles. The number of ether oxygens (including phenoxy) is 1. The number of nitrogens with zero attached hydrogens (tertiary/aromatic N) is 1. The van der Waals surface area contributed by atoms with E-state index >= 15 is 0 Å². The van der Waals surface area contributed by atoms with E-state index in [1.807, 2.05) is 23.1 Å². The van der Waals surface area contributed by atoms with Crippen molar-refractivity contribution in [2.45, 2.75) is 57.4 Å². The molecule has 1 aromatic rings. The van der Waals surface area contributed by atoms with Gasteiger partial charge in [-0.1, -0.05) is 0 Å². The first kappa shape index (κ1) is 21.9. The lowest BCUT2D eigenvalue weighted by Gasteiger charge is -2.35. The summed E-state index contributed by atoms with van der Waals surface area (Å²) in [5.41, 5.74) is 1.93. The Labute approximate surface area is 179 Å². The van der Waals surface area contributed by atoms with E-state index in [9.17, 15) is 9.59 Å². The average molecular weight is 422 g/mol. The quantitative estimate of drug-likeness (QED) is 0.766. The number of halogens is 1. The SMILES string of the molecule is Cl.O=C(Nc1ccc2c(c1)CCO2)C1CCCCN1C(=O)CCC1CCNCC1. The molecule has 3 aliphatic rings. The number of hydrogen-bond acceptors (Lipinski definition) is 4. The normalized spacial score (nSPS) is 21.7. The van der Waals surface area contributed by atoms with Gasteiger partial charge in [0.15, 0.2) is 0 Å². The number of likely N-dealkylation sites (tertiary alicyclic amines) is 1. The van der Waals surface area contributed by atoms with Crippen molar-refractivity contribution in [1.82, 2.24) is 10.2 Å². The minimum atomic E-state index is -0.348. The second kappa shape index (κ2) is 10.3. The maximum Gasteiger partial charge on any atom is 0.247 e. The van der Waals surface area contributed by atoms with E-state index in [1.165, 1.54) is 0 Å². The number of anilines is 1. The zero-order chi connectivity index (χ0) is 19.3. The fourth-order valence-corrected chi connectivity index (χ4v) is 4.63. The fraction of sp³-hybridized carbons (Fsp3) is 0.636. The molecule has 160 valence electrons. The summed E-state index contributed by atoms with van der Waals surface area (Å²) in [6.07, 6.45) is 7.41. The van der Waals surface area contributed by atoms with Crippen LogP contribution in [0.5, 0.6) is 5.75 Å². The third kappa shape index (κ3) is 5.43. The summed E-state index contributed by atoms with van der Waals surface area (Å²) < 4.78 is 5.53. The van der Waals surface area contributed by atoms with Crippen LogP contribution in [0.25, 0.3) is 0 Å². The van der Waals surface area contributed by atoms with Gasteiger partial charge in [-0.25, -0.2) is 0 Å². The molecule has 0 bridgehead atoms. The number of nitrogens with one attached hydrogen (secondary N) is 2. The summed E-state index contributed by atoms with van der Waals surface area (Å²) in [6.45, 7) is 3.51. The molecular formula is C22H32ClN3O3. The molecule has 7 heteroatoms. The van der Waals surface area contributed by atoms with Crippen LogP contribution < -0.4 is 15.4 Å². The lowest BCUT2D eigenvalue weighted by Crippen LogP contribution is -2.50. The average Bonchev–Trinajstić information content (AvgIpc) is 3.20. The van der Waals surface area contributed by atoms with Crippen LogP contribution in [-0.2, 0) is 16.0 Å². The van der Waals surface area contributed by atoms with E-state index in [4.69, 9.17) is 4.74 Å². The highest BCUT2D eigenvalue weighted by molar-refractivity contribution is 5.97. The van der Waals surface area contributed by atoms with Gasteiger partial charge >= 0.3 is 0 Å². The van der Waals surface area contributed by atoms with Crippen LogP contribution in [0, 0.1) is 5.92 Å². The molecule has 0 aromatic heterocycles. The van der Waals surface area contributed by atoms with Crippen LogP contribution in [0.15, 0.2) is 18.2 Å². The summed E-state index contributed by atoms with van der Waals surface area (Å²) in [5, 5.41) is 6.41. The molecule has 1 atom stereocenters. The highest BCUT2D eigenvalue weighted by Crippen LogP contribution is 2.29. The number of benzene rings is 1. The van der Waals surface area contributed by atoms with E-state index in [0.717, 1.165) is 75.0 Å². The predicted molar refractivity (Wildman–Crippen MR) is 116 cm³/mol. The van der Waals surface area contributed by atoms with Gasteiger partial charge in [-0.15, -0.1) is 12.4 Å². The van der Waals surface area contributed by atoms with Crippen molar-refractivity contribution < 1.29 is 14.3 Å². The number of amides is 2. The second-order valence-corrected chi connectivity index (χ2v) is 8.24. The molecule has 1 aromatic carbocycles. The third-order valence-electron chi connectivity index (χ3n) is 6.31. The van der Waals surface area contributed by atoms with Crippen molar-refractivity contribution in [3.05, 3.63) is 23.8 Å². The van der Waals surface area contributed by atoms with Gasteiger partial charge in [0.25, 0.3) is 0 Å². The van der Waals surface area contributed by atoms with Gasteiger partial charge in [0, 0.05) is 25.1 Å². The van der Waals surface area contributed by atoms with Crippen LogP contribution in [-0.4, -0.2) is 49.0 Å². The van der Waals surface area contributed by atoms with Gasteiger partial charge in [0.1, 0.15) is 11.8 Å². The van der Waals surface area contributed by atoms with Gasteiger partial charge in [-0.2, -0.15) is 0 Å². The van der Waals surface area contributed by atoms with Gasteiger partial charge in [0.05, 0.1) is 6.61 Å². The number of hydrogen-bond donors (Lipinski definition) is 2. The molecule has 2 amide bonds. The molecule has 0 aliphatic carbocycles. The number of fused-ring (bicyclic) bond motifs is 1. The Hall–Kier alpha value is -1.79. The van der Waals surface area contributed by atoms with E-state index in [0.29, 0.717) is 25.5 Å². The minimum Gasteiger partial charge on any atom is -0.493 e. The summed E-state index contributed by atoms with van der Waals surface area (Å²) in [6, 6.07) is 5.44. The second-order valence-electron chi connectivity index (χ2n) is 8.24. The number of piperidine rings is 2. The van der Waals surface area contributed by atoms with Gasteiger partial charge in [-0.05, 0) is 81.3 Å². The summed E-state index contributed by atoms with van der Waals surface area (Å²) in [5.74, 6) is 1.62. The molecule has 2 fully saturated rings. The highest BCUT2D eigenvalue weighted by Gasteiger charge is 2.32. The zero-order valence-corrected chi connectivity index (χ0v) is 17.8. The Kier molecular flexibility index (Phi) is 7.78. The van der Waals surface area contributed by atoms with Gasteiger partial charge in [-0.3, -0.25) is 9.59 Å². The van der Waals surface area contributed by atoms with E-state index in [1.54, 1.807) is 0 Å². The first-order valence-corrected chi connectivity index (χ1v) is 10.8.